The van der Waals surface area contributed by atoms with E-state index < -0.39 is 11.1 Å². The number of carbonyl (C=O) groups is 1. The molecule has 0 aliphatic carbocycles. The molecule has 0 radical (unpaired) electrons. The van der Waals surface area contributed by atoms with Crippen LogP contribution in [0.15, 0.2) is 0 Å². The fraction of sp³-hybridized carbons (Fsp3) is 0. The molecule has 7 heteroatoms. The summed E-state index contributed by atoms with van der Waals surface area (Å²) in [5, 5.41) is 8.02. The van der Waals surface area contributed by atoms with Gasteiger partial charge in [-0.3, -0.25) is 0 Å². The third kappa shape index (κ3) is 1.39. The average molecular weight is 120 g/mol. The number of hydrogen-bond acceptors (Lipinski definition) is 4. The van der Waals surface area contributed by atoms with Crippen molar-refractivity contribution in [3.05, 3.63) is 10.1 Å². The summed E-state index contributed by atoms with van der Waals surface area (Å²) in [6.45, 7) is 0. The molecule has 0 spiro atoms. The Morgan fingerprint density at radius 3 is 2.12 bits per heavy atom. The number of nitro groups is 1. The summed E-state index contributed by atoms with van der Waals surface area (Å²) in [5.41, 5.74) is 4.36. The molecule has 0 bridgehead atoms. The minimum atomic E-state index is -1.30. The molecule has 0 saturated carbocycles. The standard InChI is InChI=1S/CH4N4O3/c2-1(6)4(3)5(7)8/h3H2,(H2,2,6). The molecule has 7 nitrogen and oxygen atoms in total. The number of primary amides is 1. The summed E-state index contributed by atoms with van der Waals surface area (Å²) in [4.78, 5) is 19.2. The van der Waals surface area contributed by atoms with Crippen molar-refractivity contribution >= 4 is 6.03 Å². The van der Waals surface area contributed by atoms with Gasteiger partial charge in [-0.1, -0.05) is 0 Å². The Balaban J connectivity index is 3.83. The predicted molar refractivity (Wildman–Crippen MR) is 22.6 cm³/mol. The van der Waals surface area contributed by atoms with Crippen molar-refractivity contribution in [1.82, 2.24) is 5.12 Å². The third-order valence-corrected chi connectivity index (χ3v) is 0.402. The van der Waals surface area contributed by atoms with Crippen LogP contribution in [0.3, 0.4) is 0 Å². The van der Waals surface area contributed by atoms with Crippen molar-refractivity contribution in [2.24, 2.45) is 11.6 Å². The molecule has 2 amide bonds. The number of nitrogens with two attached hydrogens (primary N) is 2. The molecular formula is CH4N4O3. The van der Waals surface area contributed by atoms with Crippen LogP contribution >= 0.6 is 0 Å². The highest BCUT2D eigenvalue weighted by atomic mass is 16.7. The summed E-state index contributed by atoms with van der Waals surface area (Å²) < 4.78 is 0. The van der Waals surface area contributed by atoms with E-state index in [1.807, 2.05) is 0 Å². The quantitative estimate of drug-likeness (QED) is 0.188. The number of nitrogens with zero attached hydrogens (tertiary/aromatic N) is 2. The van der Waals surface area contributed by atoms with Gasteiger partial charge < -0.3 is 5.73 Å². The van der Waals surface area contributed by atoms with Crippen molar-refractivity contribution in [2.45, 2.75) is 0 Å². The molecule has 0 unspecified atom stereocenters. The molecule has 46 valence electrons. The van der Waals surface area contributed by atoms with Crippen LogP contribution in [0.2, 0.25) is 0 Å². The first kappa shape index (κ1) is 6.63. The zero-order chi connectivity index (χ0) is 6.73. The highest BCUT2D eigenvalue weighted by Gasteiger charge is 2.13. The van der Waals surface area contributed by atoms with Crippen molar-refractivity contribution in [3.63, 3.8) is 0 Å². The number of amides is 2. The lowest BCUT2D eigenvalue weighted by molar-refractivity contribution is -0.634. The Kier molecular flexibility index (Phi) is 1.72. The molecule has 0 fully saturated rings. The average Bonchev–Trinajstić information content (AvgIpc) is 1.64. The fourth-order valence-electron chi connectivity index (χ4n) is 0.0805. The van der Waals surface area contributed by atoms with Crippen molar-refractivity contribution in [2.75, 3.05) is 0 Å². The maximum Gasteiger partial charge on any atom is 0.392 e. The molecule has 4 N–H and O–H groups in total. The molecule has 0 rings (SSSR count). The lowest BCUT2D eigenvalue weighted by atomic mass is 11.1. The summed E-state index contributed by atoms with van der Waals surface area (Å²) in [5.74, 6) is 4.42. The molecule has 0 saturated heterocycles. The van der Waals surface area contributed by atoms with Crippen LogP contribution in [0, 0.1) is 10.1 Å². The van der Waals surface area contributed by atoms with E-state index in [1.54, 1.807) is 0 Å². The Hall–Kier alpha value is -1.37. The maximum absolute atomic E-state index is 9.72. The first-order valence-corrected chi connectivity index (χ1v) is 1.54. The smallest absolute Gasteiger partial charge is 0.346 e. The van der Waals surface area contributed by atoms with Crippen LogP contribution in [-0.2, 0) is 0 Å². The van der Waals surface area contributed by atoms with Crippen LogP contribution < -0.4 is 11.6 Å². The number of carbonyl (C=O) groups excluding carboxylic acids is 1. The van der Waals surface area contributed by atoms with Gasteiger partial charge in [0, 0.05) is 5.12 Å². The SMILES string of the molecule is NC(=O)N(N)[N+](=O)[O-]. The van der Waals surface area contributed by atoms with E-state index in [1.165, 1.54) is 0 Å². The van der Waals surface area contributed by atoms with Crippen LogP contribution in [0.1, 0.15) is 0 Å². The molecule has 0 atom stereocenters. The van der Waals surface area contributed by atoms with Crippen molar-refractivity contribution in [1.29, 1.82) is 0 Å². The molecular weight excluding hydrogens is 116 g/mol. The molecule has 8 heavy (non-hydrogen) atoms. The molecule has 0 aliphatic rings. The van der Waals surface area contributed by atoms with Gasteiger partial charge in [-0.2, -0.15) is 5.84 Å². The lowest BCUT2D eigenvalue weighted by Gasteiger charge is -1.97. The van der Waals surface area contributed by atoms with Gasteiger partial charge in [0.05, 0.1) is 0 Å². The second-order valence-corrected chi connectivity index (χ2v) is 0.921. The van der Waals surface area contributed by atoms with Crippen LogP contribution in [0.4, 0.5) is 4.79 Å². The number of rotatable bonds is 1. The second-order valence-electron chi connectivity index (χ2n) is 0.921. The van der Waals surface area contributed by atoms with Gasteiger partial charge in [-0.25, -0.2) is 14.9 Å². The van der Waals surface area contributed by atoms with Gasteiger partial charge in [0.25, 0.3) is 0 Å². The maximum atomic E-state index is 9.72. The van der Waals surface area contributed by atoms with Crippen molar-refractivity contribution in [3.8, 4) is 0 Å². The van der Waals surface area contributed by atoms with E-state index in [2.05, 4.69) is 11.6 Å². The van der Waals surface area contributed by atoms with E-state index in [4.69, 9.17) is 0 Å². The highest BCUT2D eigenvalue weighted by Crippen LogP contribution is 1.72. The van der Waals surface area contributed by atoms with E-state index in [0.29, 0.717) is 0 Å². The minimum Gasteiger partial charge on any atom is -0.346 e. The molecule has 0 aromatic rings. The van der Waals surface area contributed by atoms with Gasteiger partial charge in [0.2, 0.25) is 0 Å². The van der Waals surface area contributed by atoms with Gasteiger partial charge in [0.15, 0.2) is 5.03 Å². The Morgan fingerprint density at radius 1 is 1.75 bits per heavy atom. The molecule has 0 aliphatic heterocycles. The Bertz CT molecular complexity index is 106. The minimum absolute atomic E-state index is 0.306. The third-order valence-electron chi connectivity index (χ3n) is 0.402. The van der Waals surface area contributed by atoms with Crippen molar-refractivity contribution < 1.29 is 9.83 Å². The zero-order valence-electron chi connectivity index (χ0n) is 3.77. The number of urea groups is 1. The lowest BCUT2D eigenvalue weighted by Crippen LogP contribution is -2.45. The highest BCUT2D eigenvalue weighted by molar-refractivity contribution is 5.69. The summed E-state index contributed by atoms with van der Waals surface area (Å²) in [7, 11) is 0. The largest absolute Gasteiger partial charge is 0.392 e. The van der Waals surface area contributed by atoms with E-state index >= 15 is 0 Å². The molecule has 0 aromatic heterocycles. The first-order valence-electron chi connectivity index (χ1n) is 1.54. The fourth-order valence-corrected chi connectivity index (χ4v) is 0.0805. The van der Waals surface area contributed by atoms with E-state index in [9.17, 15) is 14.9 Å². The molecule has 0 aromatic carbocycles. The van der Waals surface area contributed by atoms with Gasteiger partial charge in [-0.15, -0.1) is 0 Å². The van der Waals surface area contributed by atoms with Crippen LogP contribution in [-0.4, -0.2) is 16.2 Å². The van der Waals surface area contributed by atoms with E-state index in [-0.39, 0.29) is 5.12 Å². The Labute approximate surface area is 43.9 Å². The predicted octanol–water partition coefficient (Wildman–Crippen LogP) is -1.57. The normalized spacial score (nSPS) is 8.12. The second kappa shape index (κ2) is 2.07. The summed E-state index contributed by atoms with van der Waals surface area (Å²) >= 11 is 0. The van der Waals surface area contributed by atoms with Crippen LogP contribution in [0.25, 0.3) is 0 Å². The van der Waals surface area contributed by atoms with Crippen LogP contribution in [0.5, 0.6) is 0 Å². The van der Waals surface area contributed by atoms with E-state index in [0.717, 1.165) is 0 Å². The van der Waals surface area contributed by atoms with Gasteiger partial charge in [0.1, 0.15) is 0 Å². The summed E-state index contributed by atoms with van der Waals surface area (Å²) in [6.07, 6.45) is 0. The first-order chi connectivity index (χ1) is 3.55. The molecule has 0 heterocycles. The monoisotopic (exact) mass is 120 g/mol. The topological polar surface area (TPSA) is 115 Å². The number of hydrazine groups is 2. The Morgan fingerprint density at radius 2 is 2.12 bits per heavy atom. The number of hydrogen-bond donors (Lipinski definition) is 2. The zero-order valence-corrected chi connectivity index (χ0v) is 3.77. The summed E-state index contributed by atoms with van der Waals surface area (Å²) in [6, 6.07) is -1.30. The van der Waals surface area contributed by atoms with Gasteiger partial charge in [-0.05, 0) is 0 Å². The van der Waals surface area contributed by atoms with Gasteiger partial charge >= 0.3 is 6.03 Å².